The van der Waals surface area contributed by atoms with E-state index in [1.807, 2.05) is 18.5 Å². The number of likely N-dealkylation sites (tertiary alicyclic amines) is 1. The molecule has 1 atom stereocenters. The summed E-state index contributed by atoms with van der Waals surface area (Å²) in [7, 11) is 1.78. The molecule has 122 valence electrons. The van der Waals surface area contributed by atoms with E-state index < -0.39 is 0 Å². The van der Waals surface area contributed by atoms with Crippen molar-refractivity contribution >= 4 is 11.8 Å². The van der Waals surface area contributed by atoms with Crippen molar-refractivity contribution < 1.29 is 4.74 Å². The molecule has 1 saturated heterocycles. The largest absolute Gasteiger partial charge is 0.384 e. The number of hydrogen-bond acceptors (Lipinski definition) is 5. The molecule has 0 spiro atoms. The summed E-state index contributed by atoms with van der Waals surface area (Å²) in [6.45, 7) is 4.04. The minimum atomic E-state index is 0.668. The molecular weight excluding hydrogens is 306 g/mol. The van der Waals surface area contributed by atoms with Gasteiger partial charge in [-0.2, -0.15) is 0 Å². The second-order valence-electron chi connectivity index (χ2n) is 5.99. The Morgan fingerprint density at radius 1 is 1.17 bits per heavy atom. The second-order valence-corrected chi connectivity index (χ2v) is 6.94. The summed E-state index contributed by atoms with van der Waals surface area (Å²) in [6.07, 6.45) is 5.15. The zero-order chi connectivity index (χ0) is 15.9. The Kier molecular flexibility index (Phi) is 6.02. The van der Waals surface area contributed by atoms with Gasteiger partial charge >= 0.3 is 0 Å². The quantitative estimate of drug-likeness (QED) is 0.576. The van der Waals surface area contributed by atoms with Gasteiger partial charge in [0, 0.05) is 43.9 Å². The first kappa shape index (κ1) is 16.4. The Hall–Kier alpha value is -1.43. The highest BCUT2D eigenvalue weighted by Crippen LogP contribution is 2.21. The number of nitrogens with zero attached hydrogens (tertiary/aromatic N) is 3. The van der Waals surface area contributed by atoms with Crippen molar-refractivity contribution in [1.29, 1.82) is 0 Å². The molecule has 0 N–H and O–H groups in total. The van der Waals surface area contributed by atoms with Gasteiger partial charge in [-0.05, 0) is 24.4 Å². The molecule has 1 aromatic carbocycles. The molecule has 0 bridgehead atoms. The number of methoxy groups -OCH3 is 1. The van der Waals surface area contributed by atoms with Gasteiger partial charge in [-0.25, -0.2) is 9.97 Å². The predicted molar refractivity (Wildman–Crippen MR) is 93.3 cm³/mol. The molecule has 23 heavy (non-hydrogen) atoms. The van der Waals surface area contributed by atoms with Crippen LogP contribution in [-0.2, 0) is 17.0 Å². The number of ether oxygens (including phenoxy) is 1. The van der Waals surface area contributed by atoms with Crippen molar-refractivity contribution in [2.45, 2.75) is 23.9 Å². The van der Waals surface area contributed by atoms with Gasteiger partial charge in [0.1, 0.15) is 0 Å². The normalized spacial score (nSPS) is 18.4. The van der Waals surface area contributed by atoms with E-state index in [2.05, 4.69) is 39.1 Å². The van der Waals surface area contributed by atoms with Crippen LogP contribution in [-0.4, -0.2) is 41.7 Å². The van der Waals surface area contributed by atoms with Crippen LogP contribution in [0.25, 0.3) is 0 Å². The molecule has 2 heterocycles. The van der Waals surface area contributed by atoms with Crippen LogP contribution < -0.4 is 0 Å². The summed E-state index contributed by atoms with van der Waals surface area (Å²) in [6, 6.07) is 10.4. The maximum atomic E-state index is 5.25. The number of thioether (sulfide) groups is 1. The van der Waals surface area contributed by atoms with Crippen molar-refractivity contribution in [3.8, 4) is 0 Å². The lowest BCUT2D eigenvalue weighted by Gasteiger charge is -2.15. The molecular formula is C18H23N3OS. The molecule has 0 aliphatic carbocycles. The molecule has 4 nitrogen and oxygen atoms in total. The van der Waals surface area contributed by atoms with E-state index in [0.717, 1.165) is 37.2 Å². The summed E-state index contributed by atoms with van der Waals surface area (Å²) in [5.41, 5.74) is 2.48. The van der Waals surface area contributed by atoms with Crippen LogP contribution in [0.1, 0.15) is 17.5 Å². The first-order valence-corrected chi connectivity index (χ1v) is 9.01. The van der Waals surface area contributed by atoms with Crippen molar-refractivity contribution in [2.24, 2.45) is 5.92 Å². The second kappa shape index (κ2) is 8.43. The number of aromatic nitrogens is 2. The molecule has 0 radical (unpaired) electrons. The third-order valence-electron chi connectivity index (χ3n) is 4.07. The van der Waals surface area contributed by atoms with Crippen molar-refractivity contribution in [2.75, 3.05) is 26.8 Å². The molecule has 2 aromatic rings. The smallest absolute Gasteiger partial charge is 0.187 e. The van der Waals surface area contributed by atoms with Crippen LogP contribution in [0.3, 0.4) is 0 Å². The van der Waals surface area contributed by atoms with Crippen LogP contribution in [0.4, 0.5) is 0 Å². The molecule has 0 unspecified atom stereocenters. The Morgan fingerprint density at radius 3 is 2.70 bits per heavy atom. The van der Waals surface area contributed by atoms with E-state index in [4.69, 9.17) is 4.74 Å². The van der Waals surface area contributed by atoms with Gasteiger partial charge in [0.2, 0.25) is 0 Å². The van der Waals surface area contributed by atoms with E-state index in [1.165, 1.54) is 17.5 Å². The third kappa shape index (κ3) is 5.03. The van der Waals surface area contributed by atoms with E-state index in [-0.39, 0.29) is 0 Å². The molecule has 3 rings (SSSR count). The summed E-state index contributed by atoms with van der Waals surface area (Å²) < 4.78 is 5.25. The van der Waals surface area contributed by atoms with Crippen molar-refractivity contribution in [3.05, 3.63) is 53.9 Å². The summed E-state index contributed by atoms with van der Waals surface area (Å²) in [5, 5.41) is 0.844. The van der Waals surface area contributed by atoms with Crippen molar-refractivity contribution in [3.63, 3.8) is 0 Å². The van der Waals surface area contributed by atoms with Gasteiger partial charge < -0.3 is 4.74 Å². The van der Waals surface area contributed by atoms with Crippen LogP contribution >= 0.6 is 11.8 Å². The monoisotopic (exact) mass is 329 g/mol. The van der Waals surface area contributed by atoms with Crippen molar-refractivity contribution in [1.82, 2.24) is 14.9 Å². The average Bonchev–Trinajstić information content (AvgIpc) is 3.03. The van der Waals surface area contributed by atoms with E-state index in [9.17, 15) is 0 Å². The zero-order valence-corrected chi connectivity index (χ0v) is 14.3. The Balaban J connectivity index is 1.47. The lowest BCUT2D eigenvalue weighted by Crippen LogP contribution is -2.21. The van der Waals surface area contributed by atoms with Gasteiger partial charge in [0.15, 0.2) is 5.16 Å². The predicted octanol–water partition coefficient (Wildman–Crippen LogP) is 3.24. The molecule has 0 saturated carbocycles. The molecule has 0 amide bonds. The Labute approximate surface area is 142 Å². The molecule has 1 fully saturated rings. The highest BCUT2D eigenvalue weighted by Gasteiger charge is 2.22. The lowest BCUT2D eigenvalue weighted by molar-refractivity contribution is 0.152. The molecule has 1 aliphatic heterocycles. The summed E-state index contributed by atoms with van der Waals surface area (Å²) >= 11 is 1.68. The maximum absolute atomic E-state index is 5.25. The third-order valence-corrected chi connectivity index (χ3v) is 5.02. The highest BCUT2D eigenvalue weighted by atomic mass is 32.2. The Bertz CT molecular complexity index is 591. The van der Waals surface area contributed by atoms with Crippen LogP contribution in [0.15, 0.2) is 47.9 Å². The first-order valence-electron chi connectivity index (χ1n) is 8.02. The number of rotatable bonds is 7. The number of benzene rings is 1. The fourth-order valence-electron chi connectivity index (χ4n) is 2.91. The van der Waals surface area contributed by atoms with E-state index >= 15 is 0 Å². The van der Waals surface area contributed by atoms with E-state index in [0.29, 0.717) is 5.92 Å². The van der Waals surface area contributed by atoms with Gasteiger partial charge in [-0.1, -0.05) is 42.1 Å². The van der Waals surface area contributed by atoms with Crippen LogP contribution in [0.5, 0.6) is 0 Å². The fraction of sp³-hybridized carbons (Fsp3) is 0.444. The van der Waals surface area contributed by atoms with E-state index in [1.54, 1.807) is 18.9 Å². The highest BCUT2D eigenvalue weighted by molar-refractivity contribution is 7.98. The van der Waals surface area contributed by atoms with Gasteiger partial charge in [-0.3, -0.25) is 4.90 Å². The Morgan fingerprint density at radius 2 is 1.96 bits per heavy atom. The minimum Gasteiger partial charge on any atom is -0.384 e. The van der Waals surface area contributed by atoms with Gasteiger partial charge in [0.25, 0.3) is 0 Å². The molecule has 1 aromatic heterocycles. The fourth-order valence-corrected chi connectivity index (χ4v) is 3.65. The lowest BCUT2D eigenvalue weighted by atomic mass is 10.1. The van der Waals surface area contributed by atoms with Gasteiger partial charge in [-0.15, -0.1) is 0 Å². The summed E-state index contributed by atoms with van der Waals surface area (Å²) in [5.74, 6) is 1.58. The first-order chi connectivity index (χ1) is 11.3. The molecule has 1 aliphatic rings. The zero-order valence-electron chi connectivity index (χ0n) is 13.5. The van der Waals surface area contributed by atoms with Crippen LogP contribution in [0, 0.1) is 5.92 Å². The van der Waals surface area contributed by atoms with Gasteiger partial charge in [0.05, 0.1) is 6.61 Å². The molecule has 5 heteroatoms. The topological polar surface area (TPSA) is 38.2 Å². The number of hydrogen-bond donors (Lipinski definition) is 0. The van der Waals surface area contributed by atoms with Crippen LogP contribution in [0.2, 0.25) is 0 Å². The average molecular weight is 329 g/mol. The SMILES string of the molecule is COC[C@@H]1CCN(Cc2cnc(SCc3ccccc3)nc2)C1. The maximum Gasteiger partial charge on any atom is 0.187 e. The standard InChI is InChI=1S/C18H23N3OS/c1-22-13-16-7-8-21(11-16)12-17-9-19-18(20-10-17)23-14-15-5-3-2-4-6-15/h2-6,9-10,16H,7-8,11-14H2,1H3/t16-/m1/s1. The summed E-state index contributed by atoms with van der Waals surface area (Å²) in [4.78, 5) is 11.4. The minimum absolute atomic E-state index is 0.668.